The summed E-state index contributed by atoms with van der Waals surface area (Å²) < 4.78 is 0. The largest absolute Gasteiger partial charge is 0.313 e. The average molecular weight is 266 g/mol. The van der Waals surface area contributed by atoms with Crippen molar-refractivity contribution in [3.63, 3.8) is 0 Å². The Balaban J connectivity index is 1.92. The summed E-state index contributed by atoms with van der Waals surface area (Å²) in [6.45, 7) is 9.77. The van der Waals surface area contributed by atoms with Crippen LogP contribution in [-0.4, -0.2) is 37.1 Å². The average Bonchev–Trinajstić information content (AvgIpc) is 2.39. The van der Waals surface area contributed by atoms with Crippen molar-refractivity contribution in [3.8, 4) is 0 Å². The fraction of sp³-hybridized carbons (Fsp3) is 1.00. The first kappa shape index (κ1) is 15.3. The van der Waals surface area contributed by atoms with Gasteiger partial charge >= 0.3 is 0 Å². The summed E-state index contributed by atoms with van der Waals surface area (Å²) in [4.78, 5) is 2.68. The van der Waals surface area contributed by atoms with E-state index in [9.17, 15) is 0 Å². The van der Waals surface area contributed by atoms with Gasteiger partial charge in [-0.2, -0.15) is 0 Å². The minimum Gasteiger partial charge on any atom is -0.313 e. The molecule has 2 aliphatic rings. The Morgan fingerprint density at radius 1 is 1.00 bits per heavy atom. The van der Waals surface area contributed by atoms with E-state index in [0.29, 0.717) is 5.41 Å². The van der Waals surface area contributed by atoms with Gasteiger partial charge in [-0.1, -0.05) is 40.0 Å². The van der Waals surface area contributed by atoms with Crippen molar-refractivity contribution in [2.75, 3.05) is 20.1 Å². The molecular weight excluding hydrogens is 232 g/mol. The second-order valence-electron chi connectivity index (χ2n) is 7.91. The lowest BCUT2D eigenvalue weighted by Gasteiger charge is -2.45. The second-order valence-corrected chi connectivity index (χ2v) is 7.91. The van der Waals surface area contributed by atoms with Crippen molar-refractivity contribution < 1.29 is 0 Å². The van der Waals surface area contributed by atoms with Crippen LogP contribution in [0.2, 0.25) is 0 Å². The molecule has 1 aliphatic heterocycles. The van der Waals surface area contributed by atoms with Crippen LogP contribution in [0.5, 0.6) is 0 Å². The Morgan fingerprint density at radius 3 is 2.32 bits per heavy atom. The lowest BCUT2D eigenvalue weighted by molar-refractivity contribution is 0.0498. The molecule has 0 aromatic heterocycles. The highest BCUT2D eigenvalue weighted by Crippen LogP contribution is 2.40. The third-order valence-corrected chi connectivity index (χ3v) is 5.33. The Kier molecular flexibility index (Phi) is 5.30. The molecule has 19 heavy (non-hydrogen) atoms. The minimum absolute atomic E-state index is 0.458. The standard InChI is InChI=1S/C17H34N2/c1-17(2,3)15-10-5-6-11-16(15)19(4)13-14-9-7-8-12-18-14/h14-16,18H,5-13H2,1-4H3. The van der Waals surface area contributed by atoms with E-state index in [0.717, 1.165) is 18.0 Å². The predicted molar refractivity (Wildman–Crippen MR) is 83.5 cm³/mol. The van der Waals surface area contributed by atoms with Crippen LogP contribution in [0.1, 0.15) is 65.7 Å². The summed E-state index contributed by atoms with van der Waals surface area (Å²) in [5.74, 6) is 0.870. The highest BCUT2D eigenvalue weighted by atomic mass is 15.2. The molecule has 1 aliphatic carbocycles. The fourth-order valence-corrected chi connectivity index (χ4v) is 4.21. The van der Waals surface area contributed by atoms with Crippen LogP contribution in [0.15, 0.2) is 0 Å². The van der Waals surface area contributed by atoms with E-state index in [-0.39, 0.29) is 0 Å². The topological polar surface area (TPSA) is 15.3 Å². The molecule has 1 heterocycles. The van der Waals surface area contributed by atoms with Crippen LogP contribution in [0.4, 0.5) is 0 Å². The van der Waals surface area contributed by atoms with E-state index in [1.807, 2.05) is 0 Å². The smallest absolute Gasteiger partial charge is 0.0195 e. The summed E-state index contributed by atoms with van der Waals surface area (Å²) in [7, 11) is 2.37. The van der Waals surface area contributed by atoms with E-state index in [1.54, 1.807) is 0 Å². The molecule has 3 atom stereocenters. The Labute approximate surface area is 120 Å². The highest BCUT2D eigenvalue weighted by Gasteiger charge is 2.36. The molecule has 0 bridgehead atoms. The molecule has 0 spiro atoms. The molecule has 2 rings (SSSR count). The van der Waals surface area contributed by atoms with Gasteiger partial charge in [0.15, 0.2) is 0 Å². The molecule has 2 fully saturated rings. The maximum atomic E-state index is 3.70. The molecule has 0 radical (unpaired) electrons. The summed E-state index contributed by atoms with van der Waals surface area (Å²) in [5, 5.41) is 3.70. The van der Waals surface area contributed by atoms with Crippen molar-refractivity contribution in [1.82, 2.24) is 10.2 Å². The van der Waals surface area contributed by atoms with Crippen LogP contribution in [0, 0.1) is 11.3 Å². The summed E-state index contributed by atoms with van der Waals surface area (Å²) in [6, 6.07) is 1.54. The number of nitrogens with one attached hydrogen (secondary N) is 1. The molecule has 1 saturated heterocycles. The van der Waals surface area contributed by atoms with Crippen molar-refractivity contribution in [3.05, 3.63) is 0 Å². The van der Waals surface area contributed by atoms with Crippen molar-refractivity contribution in [1.29, 1.82) is 0 Å². The number of hydrogen-bond donors (Lipinski definition) is 1. The summed E-state index contributed by atoms with van der Waals surface area (Å²) in [6.07, 6.45) is 9.86. The van der Waals surface area contributed by atoms with Crippen LogP contribution in [-0.2, 0) is 0 Å². The van der Waals surface area contributed by atoms with Crippen LogP contribution in [0.25, 0.3) is 0 Å². The zero-order chi connectivity index (χ0) is 13.9. The molecular formula is C17H34N2. The molecule has 2 nitrogen and oxygen atoms in total. The zero-order valence-corrected chi connectivity index (χ0v) is 13.5. The van der Waals surface area contributed by atoms with E-state index < -0.39 is 0 Å². The maximum Gasteiger partial charge on any atom is 0.0195 e. The van der Waals surface area contributed by atoms with Gasteiger partial charge in [-0.25, -0.2) is 0 Å². The highest BCUT2D eigenvalue weighted by molar-refractivity contribution is 4.90. The summed E-state index contributed by atoms with van der Waals surface area (Å²) in [5.41, 5.74) is 0.458. The van der Waals surface area contributed by atoms with Gasteiger partial charge in [-0.05, 0) is 50.6 Å². The normalized spacial score (nSPS) is 33.6. The van der Waals surface area contributed by atoms with Gasteiger partial charge < -0.3 is 10.2 Å². The van der Waals surface area contributed by atoms with Crippen molar-refractivity contribution in [2.24, 2.45) is 11.3 Å². The first-order valence-electron chi connectivity index (χ1n) is 8.42. The van der Waals surface area contributed by atoms with E-state index in [4.69, 9.17) is 0 Å². The first-order valence-corrected chi connectivity index (χ1v) is 8.42. The van der Waals surface area contributed by atoms with Crippen LogP contribution >= 0.6 is 0 Å². The van der Waals surface area contributed by atoms with Gasteiger partial charge in [-0.3, -0.25) is 0 Å². The number of rotatable bonds is 3. The van der Waals surface area contributed by atoms with Gasteiger partial charge in [0.05, 0.1) is 0 Å². The van der Waals surface area contributed by atoms with E-state index in [2.05, 4.69) is 38.0 Å². The number of nitrogens with zero attached hydrogens (tertiary/aromatic N) is 1. The first-order chi connectivity index (χ1) is 8.98. The maximum absolute atomic E-state index is 3.70. The third-order valence-electron chi connectivity index (χ3n) is 5.33. The van der Waals surface area contributed by atoms with Gasteiger partial charge in [0.1, 0.15) is 0 Å². The molecule has 1 saturated carbocycles. The van der Waals surface area contributed by atoms with Gasteiger partial charge in [-0.15, -0.1) is 0 Å². The van der Waals surface area contributed by atoms with Gasteiger partial charge in [0, 0.05) is 18.6 Å². The molecule has 0 aromatic rings. The Bertz CT molecular complexity index is 263. The Morgan fingerprint density at radius 2 is 1.68 bits per heavy atom. The molecule has 2 heteroatoms. The quantitative estimate of drug-likeness (QED) is 0.838. The molecule has 0 amide bonds. The lowest BCUT2D eigenvalue weighted by Crippen LogP contribution is -2.50. The van der Waals surface area contributed by atoms with Crippen molar-refractivity contribution >= 4 is 0 Å². The molecule has 1 N–H and O–H groups in total. The van der Waals surface area contributed by atoms with Crippen molar-refractivity contribution in [2.45, 2.75) is 77.8 Å². The second kappa shape index (κ2) is 6.58. The number of likely N-dealkylation sites (N-methyl/N-ethyl adjacent to an activating group) is 1. The van der Waals surface area contributed by atoms with E-state index in [1.165, 1.54) is 58.0 Å². The fourth-order valence-electron chi connectivity index (χ4n) is 4.21. The van der Waals surface area contributed by atoms with Gasteiger partial charge in [0.2, 0.25) is 0 Å². The SMILES string of the molecule is CN(CC1CCCCN1)C1CCCCC1C(C)(C)C. The predicted octanol–water partition coefficient (Wildman–Crippen LogP) is 3.67. The molecule has 112 valence electrons. The third kappa shape index (κ3) is 4.19. The molecule has 0 aromatic carbocycles. The van der Waals surface area contributed by atoms with E-state index >= 15 is 0 Å². The minimum atomic E-state index is 0.458. The monoisotopic (exact) mass is 266 g/mol. The Hall–Kier alpha value is -0.0800. The zero-order valence-electron chi connectivity index (χ0n) is 13.5. The van der Waals surface area contributed by atoms with Crippen LogP contribution < -0.4 is 5.32 Å². The van der Waals surface area contributed by atoms with Gasteiger partial charge in [0.25, 0.3) is 0 Å². The number of hydrogen-bond acceptors (Lipinski definition) is 2. The lowest BCUT2D eigenvalue weighted by atomic mass is 9.69. The number of piperidine rings is 1. The summed E-state index contributed by atoms with van der Waals surface area (Å²) >= 11 is 0. The van der Waals surface area contributed by atoms with Crippen LogP contribution in [0.3, 0.4) is 0 Å². The molecule has 3 unspecified atom stereocenters.